The molecule has 8 nitrogen and oxygen atoms in total. The van der Waals surface area contributed by atoms with E-state index in [1.807, 2.05) is 0 Å². The molecule has 0 radical (unpaired) electrons. The van der Waals surface area contributed by atoms with E-state index in [0.717, 1.165) is 12.4 Å². The van der Waals surface area contributed by atoms with Crippen molar-refractivity contribution in [2.45, 2.75) is 44.6 Å². The van der Waals surface area contributed by atoms with Crippen molar-refractivity contribution in [3.05, 3.63) is 39.8 Å². The van der Waals surface area contributed by atoms with Gasteiger partial charge >= 0.3 is 0 Å². The first-order valence-corrected chi connectivity index (χ1v) is 10.0. The van der Waals surface area contributed by atoms with Crippen molar-refractivity contribution >= 4 is 10.0 Å². The number of nitrogens with zero attached hydrogens (tertiary/aromatic N) is 4. The molecule has 1 N–H and O–H groups in total. The van der Waals surface area contributed by atoms with Gasteiger partial charge in [0, 0.05) is 25.7 Å². The predicted molar refractivity (Wildman–Crippen MR) is 93.0 cm³/mol. The van der Waals surface area contributed by atoms with Gasteiger partial charge in [-0.2, -0.15) is 9.40 Å². The molecule has 0 spiro atoms. The lowest BCUT2D eigenvalue weighted by Crippen LogP contribution is -2.40. The maximum Gasteiger partial charge on any atom is 0.280 e. The lowest BCUT2D eigenvalue weighted by atomic mass is 9.98. The van der Waals surface area contributed by atoms with Crippen LogP contribution in [-0.2, 0) is 16.6 Å². The molecule has 27 heavy (non-hydrogen) atoms. The summed E-state index contributed by atoms with van der Waals surface area (Å²) in [5.41, 5.74) is -0.124. The number of aromatic amines is 1. The Morgan fingerprint density at radius 2 is 1.96 bits per heavy atom. The molecule has 2 aromatic rings. The van der Waals surface area contributed by atoms with Crippen molar-refractivity contribution in [2.24, 2.45) is 5.92 Å². The zero-order valence-electron chi connectivity index (χ0n) is 15.0. The third-order valence-electron chi connectivity index (χ3n) is 4.81. The van der Waals surface area contributed by atoms with E-state index in [-0.39, 0.29) is 10.8 Å². The summed E-state index contributed by atoms with van der Waals surface area (Å²) in [7, 11) is -3.62. The van der Waals surface area contributed by atoms with Gasteiger partial charge in [-0.25, -0.2) is 22.2 Å². The number of aryl methyl sites for hydroxylation is 2. The van der Waals surface area contributed by atoms with Crippen LogP contribution in [0.2, 0.25) is 0 Å². The molecule has 11 heteroatoms. The summed E-state index contributed by atoms with van der Waals surface area (Å²) in [6.45, 7) is 4.30. The molecule has 0 amide bonds. The highest BCUT2D eigenvalue weighted by atomic mass is 32.2. The van der Waals surface area contributed by atoms with Gasteiger partial charge in [-0.05, 0) is 32.6 Å². The molecule has 1 fully saturated rings. The first-order valence-electron chi connectivity index (χ1n) is 8.56. The number of hydrogen-bond donors (Lipinski definition) is 1. The number of halogens is 2. The molecule has 0 unspecified atom stereocenters. The van der Waals surface area contributed by atoms with E-state index >= 15 is 0 Å². The molecular weight excluding hydrogens is 380 g/mol. The van der Waals surface area contributed by atoms with Crippen LogP contribution in [-0.4, -0.2) is 45.6 Å². The zero-order chi connectivity index (χ0) is 19.8. The summed E-state index contributed by atoms with van der Waals surface area (Å²) in [6.07, 6.45) is -0.516. The Balaban J connectivity index is 1.67. The Morgan fingerprint density at radius 1 is 1.30 bits per heavy atom. The number of alkyl halides is 2. The van der Waals surface area contributed by atoms with E-state index in [9.17, 15) is 22.0 Å². The van der Waals surface area contributed by atoms with Crippen LogP contribution in [0.4, 0.5) is 8.78 Å². The van der Waals surface area contributed by atoms with Crippen molar-refractivity contribution in [1.82, 2.24) is 24.1 Å². The number of rotatable bonds is 5. The van der Waals surface area contributed by atoms with Gasteiger partial charge in [0.25, 0.3) is 12.0 Å². The van der Waals surface area contributed by atoms with Gasteiger partial charge in [-0.15, -0.1) is 0 Å². The molecule has 0 saturated carbocycles. The van der Waals surface area contributed by atoms with Crippen molar-refractivity contribution in [3.8, 4) is 0 Å². The summed E-state index contributed by atoms with van der Waals surface area (Å²) in [6, 6.07) is 0.842. The van der Waals surface area contributed by atoms with Crippen LogP contribution in [0.25, 0.3) is 0 Å². The van der Waals surface area contributed by atoms with Crippen LogP contribution in [0.3, 0.4) is 0 Å². The normalized spacial score (nSPS) is 16.9. The smallest absolute Gasteiger partial charge is 0.280 e. The van der Waals surface area contributed by atoms with E-state index in [1.54, 1.807) is 13.8 Å². The van der Waals surface area contributed by atoms with E-state index in [2.05, 4.69) is 15.2 Å². The van der Waals surface area contributed by atoms with Gasteiger partial charge in [0.15, 0.2) is 0 Å². The van der Waals surface area contributed by atoms with Crippen LogP contribution in [0.15, 0.2) is 22.1 Å². The molecule has 0 bridgehead atoms. The standard InChI is InChI=1S/C16H21F2N5O3S/c1-10-15(11(2)21-20-10)27(25,26)23-5-3-12(4-6-23)8-22-9-19-13(16(17)18)7-14(22)24/h7,9,12,16H,3-6,8H2,1-2H3,(H,20,21). The van der Waals surface area contributed by atoms with Crippen LogP contribution < -0.4 is 5.56 Å². The highest BCUT2D eigenvalue weighted by molar-refractivity contribution is 7.89. The molecule has 3 rings (SSSR count). The summed E-state index contributed by atoms with van der Waals surface area (Å²) < 4.78 is 53.6. The highest BCUT2D eigenvalue weighted by Gasteiger charge is 2.33. The molecule has 3 heterocycles. The SMILES string of the molecule is Cc1n[nH]c(C)c1S(=O)(=O)N1CCC(Cn2cnc(C(F)F)cc2=O)CC1. The van der Waals surface area contributed by atoms with Crippen molar-refractivity contribution < 1.29 is 17.2 Å². The van der Waals surface area contributed by atoms with Crippen LogP contribution in [0.5, 0.6) is 0 Å². The quantitative estimate of drug-likeness (QED) is 0.821. The fourth-order valence-corrected chi connectivity index (χ4v) is 5.16. The number of piperidine rings is 1. The molecule has 0 aliphatic carbocycles. The molecule has 2 aromatic heterocycles. The Labute approximate surface area is 155 Å². The largest absolute Gasteiger partial charge is 0.299 e. The molecule has 148 valence electrons. The zero-order valence-corrected chi connectivity index (χ0v) is 15.8. The van der Waals surface area contributed by atoms with Crippen molar-refractivity contribution in [3.63, 3.8) is 0 Å². The van der Waals surface area contributed by atoms with Gasteiger partial charge in [0.1, 0.15) is 10.6 Å². The Kier molecular flexibility index (Phi) is 5.43. The van der Waals surface area contributed by atoms with Gasteiger partial charge in [0.2, 0.25) is 10.0 Å². The van der Waals surface area contributed by atoms with E-state index in [0.29, 0.717) is 43.9 Å². The second-order valence-corrected chi connectivity index (χ2v) is 8.59. The maximum atomic E-state index is 12.8. The topological polar surface area (TPSA) is 101 Å². The summed E-state index contributed by atoms with van der Waals surface area (Å²) in [5, 5.41) is 6.64. The van der Waals surface area contributed by atoms with Crippen LogP contribution in [0.1, 0.15) is 36.3 Å². The first-order chi connectivity index (χ1) is 12.7. The van der Waals surface area contributed by atoms with Gasteiger partial charge < -0.3 is 0 Å². The second kappa shape index (κ2) is 7.47. The summed E-state index contributed by atoms with van der Waals surface area (Å²) >= 11 is 0. The summed E-state index contributed by atoms with van der Waals surface area (Å²) in [5.74, 6) is 0.0693. The van der Waals surface area contributed by atoms with Crippen molar-refractivity contribution in [1.29, 1.82) is 0 Å². The summed E-state index contributed by atoms with van der Waals surface area (Å²) in [4.78, 5) is 15.8. The minimum atomic E-state index is -3.62. The predicted octanol–water partition coefficient (Wildman–Crippen LogP) is 1.62. The van der Waals surface area contributed by atoms with Gasteiger partial charge in [-0.1, -0.05) is 0 Å². The fourth-order valence-electron chi connectivity index (χ4n) is 3.36. The Morgan fingerprint density at radius 3 is 2.48 bits per heavy atom. The Bertz CT molecular complexity index is 959. The average molecular weight is 401 g/mol. The first kappa shape index (κ1) is 19.6. The molecular formula is C16H21F2N5O3S. The monoisotopic (exact) mass is 401 g/mol. The third-order valence-corrected chi connectivity index (χ3v) is 6.97. The van der Waals surface area contributed by atoms with E-state index in [1.165, 1.54) is 8.87 Å². The number of aromatic nitrogens is 4. The van der Waals surface area contributed by atoms with Gasteiger partial charge in [0.05, 0.1) is 17.7 Å². The average Bonchev–Trinajstić information content (AvgIpc) is 2.96. The molecule has 0 aromatic carbocycles. The lowest BCUT2D eigenvalue weighted by molar-refractivity contribution is 0.145. The van der Waals surface area contributed by atoms with E-state index < -0.39 is 27.7 Å². The maximum absolute atomic E-state index is 12.8. The number of H-pyrrole nitrogens is 1. The molecule has 1 aliphatic rings. The highest BCUT2D eigenvalue weighted by Crippen LogP contribution is 2.27. The lowest BCUT2D eigenvalue weighted by Gasteiger charge is -2.31. The Hall–Kier alpha value is -2.14. The number of hydrogen-bond acceptors (Lipinski definition) is 5. The fraction of sp³-hybridized carbons (Fsp3) is 0.562. The minimum Gasteiger partial charge on any atom is -0.299 e. The number of sulfonamides is 1. The minimum absolute atomic E-state index is 0.0693. The van der Waals surface area contributed by atoms with Gasteiger partial charge in [-0.3, -0.25) is 14.5 Å². The number of nitrogens with one attached hydrogen (secondary N) is 1. The van der Waals surface area contributed by atoms with Crippen LogP contribution in [0, 0.1) is 19.8 Å². The van der Waals surface area contributed by atoms with Crippen LogP contribution >= 0.6 is 0 Å². The van der Waals surface area contributed by atoms with Crippen molar-refractivity contribution in [2.75, 3.05) is 13.1 Å². The molecule has 1 aliphatic heterocycles. The molecule has 0 atom stereocenters. The van der Waals surface area contributed by atoms with E-state index in [4.69, 9.17) is 0 Å². The third kappa shape index (κ3) is 3.93. The second-order valence-electron chi connectivity index (χ2n) is 6.72. The molecule has 1 saturated heterocycles.